The highest BCUT2D eigenvalue weighted by Gasteiger charge is 2.49. The molecule has 1 heterocycles. The van der Waals surface area contributed by atoms with Crippen molar-refractivity contribution in [3.63, 3.8) is 0 Å². The molecule has 60 valence electrons. The number of nitrogens with zero attached hydrogens (tertiary/aromatic N) is 3. The molecule has 0 amide bonds. The van der Waals surface area contributed by atoms with Gasteiger partial charge < -0.3 is 0 Å². The summed E-state index contributed by atoms with van der Waals surface area (Å²) in [4.78, 5) is 3.89. The van der Waals surface area contributed by atoms with Crippen LogP contribution in [-0.2, 0) is 0 Å². The highest BCUT2D eigenvalue weighted by molar-refractivity contribution is 6.21. The van der Waals surface area contributed by atoms with Gasteiger partial charge in [0.2, 0.25) is 0 Å². The van der Waals surface area contributed by atoms with Gasteiger partial charge in [0.15, 0.2) is 0 Å². The van der Waals surface area contributed by atoms with Crippen molar-refractivity contribution in [1.29, 1.82) is 10.5 Å². The van der Waals surface area contributed by atoms with Gasteiger partial charge >= 0.3 is 0 Å². The normalized spacial score (nSPS) is 16.6. The summed E-state index contributed by atoms with van der Waals surface area (Å²) in [6, 6.07) is 13.1. The fourth-order valence-electron chi connectivity index (χ4n) is 1.19. The Kier molecular flexibility index (Phi) is 1.41. The zero-order valence-electron chi connectivity index (χ0n) is 6.73. The minimum atomic E-state index is -1.19. The van der Waals surface area contributed by atoms with Crippen LogP contribution in [0.25, 0.3) is 0 Å². The smallest absolute Gasteiger partial charge is 0.242 e. The van der Waals surface area contributed by atoms with Crippen LogP contribution in [0.3, 0.4) is 0 Å². The topological polar surface area (TPSA) is 59.9 Å². The lowest BCUT2D eigenvalue weighted by molar-refractivity contribution is 1.06. The predicted octanol–water partition coefficient (Wildman–Crippen LogP) is 1.28. The van der Waals surface area contributed by atoms with Crippen LogP contribution in [0.1, 0.15) is 5.56 Å². The van der Waals surface area contributed by atoms with E-state index >= 15 is 0 Å². The van der Waals surface area contributed by atoms with E-state index < -0.39 is 5.54 Å². The molecule has 13 heavy (non-hydrogen) atoms. The summed E-state index contributed by atoms with van der Waals surface area (Å²) < 4.78 is 0. The van der Waals surface area contributed by atoms with E-state index in [4.69, 9.17) is 10.5 Å². The van der Waals surface area contributed by atoms with Crippen LogP contribution in [0, 0.1) is 22.7 Å². The van der Waals surface area contributed by atoms with E-state index in [2.05, 4.69) is 4.99 Å². The van der Waals surface area contributed by atoms with Crippen molar-refractivity contribution in [2.24, 2.45) is 4.99 Å². The van der Waals surface area contributed by atoms with Crippen molar-refractivity contribution in [3.05, 3.63) is 35.9 Å². The van der Waals surface area contributed by atoms with Crippen molar-refractivity contribution < 1.29 is 0 Å². The molecular weight excluding hydrogens is 162 g/mol. The van der Waals surface area contributed by atoms with Gasteiger partial charge in [-0.2, -0.15) is 10.5 Å². The molecular formula is C10H5N3. The number of hydrogen-bond donors (Lipinski definition) is 0. The van der Waals surface area contributed by atoms with E-state index in [-0.39, 0.29) is 0 Å². The second-order valence-corrected chi connectivity index (χ2v) is 2.76. The summed E-state index contributed by atoms with van der Waals surface area (Å²) in [5.41, 5.74) is 0.241. The highest BCUT2D eigenvalue weighted by atomic mass is 15.0. The van der Waals surface area contributed by atoms with Gasteiger partial charge in [0.25, 0.3) is 5.54 Å². The van der Waals surface area contributed by atoms with Crippen LogP contribution in [0.2, 0.25) is 0 Å². The summed E-state index contributed by atoms with van der Waals surface area (Å²) >= 11 is 0. The monoisotopic (exact) mass is 167 g/mol. The average molecular weight is 167 g/mol. The molecule has 1 aliphatic heterocycles. The molecule has 1 aliphatic rings. The van der Waals surface area contributed by atoms with Crippen LogP contribution < -0.4 is 0 Å². The van der Waals surface area contributed by atoms with Crippen LogP contribution in [-0.4, -0.2) is 11.3 Å². The van der Waals surface area contributed by atoms with Gasteiger partial charge in [-0.3, -0.25) is 0 Å². The van der Waals surface area contributed by atoms with Gasteiger partial charge in [0.05, 0.1) is 0 Å². The Labute approximate surface area is 75.6 Å². The van der Waals surface area contributed by atoms with Crippen molar-refractivity contribution >= 4 is 5.71 Å². The Bertz CT molecular complexity index is 431. The zero-order chi connectivity index (χ0) is 9.31. The van der Waals surface area contributed by atoms with Gasteiger partial charge in [0.1, 0.15) is 17.9 Å². The highest BCUT2D eigenvalue weighted by Crippen LogP contribution is 2.30. The number of rotatable bonds is 1. The molecule has 0 saturated heterocycles. The number of nitriles is 2. The van der Waals surface area contributed by atoms with Crippen molar-refractivity contribution in [3.8, 4) is 12.1 Å². The third-order valence-corrected chi connectivity index (χ3v) is 1.94. The molecule has 3 heteroatoms. The second kappa shape index (κ2) is 2.43. The molecule has 0 spiro atoms. The molecule has 0 bridgehead atoms. The van der Waals surface area contributed by atoms with Crippen LogP contribution in [0.15, 0.2) is 35.3 Å². The lowest BCUT2D eigenvalue weighted by Crippen LogP contribution is -2.13. The maximum atomic E-state index is 8.70. The van der Waals surface area contributed by atoms with E-state index in [1.165, 1.54) is 0 Å². The first-order valence-corrected chi connectivity index (χ1v) is 3.81. The fraction of sp³-hybridized carbons (Fsp3) is 0.100. The zero-order valence-corrected chi connectivity index (χ0v) is 6.73. The lowest BCUT2D eigenvalue weighted by atomic mass is 10.0. The quantitative estimate of drug-likeness (QED) is 0.632. The standard InChI is InChI=1S/C10H5N3/c11-6-10(7-12)9(13-10)8-4-2-1-3-5-8/h1-5H. The molecule has 0 fully saturated rings. The molecule has 0 unspecified atom stereocenters. The predicted molar refractivity (Wildman–Crippen MR) is 46.9 cm³/mol. The van der Waals surface area contributed by atoms with Crippen LogP contribution in [0.5, 0.6) is 0 Å². The Hall–Kier alpha value is -2.13. The van der Waals surface area contributed by atoms with Crippen LogP contribution >= 0.6 is 0 Å². The largest absolute Gasteiger partial charge is 0.274 e. The van der Waals surface area contributed by atoms with E-state index in [0.717, 1.165) is 5.56 Å². The van der Waals surface area contributed by atoms with Gasteiger partial charge in [-0.05, 0) is 0 Å². The third kappa shape index (κ3) is 0.988. The van der Waals surface area contributed by atoms with Crippen LogP contribution in [0.4, 0.5) is 0 Å². The Morgan fingerprint density at radius 2 is 1.69 bits per heavy atom. The molecule has 2 rings (SSSR count). The van der Waals surface area contributed by atoms with Crippen molar-refractivity contribution in [2.75, 3.05) is 0 Å². The first-order valence-electron chi connectivity index (χ1n) is 3.81. The third-order valence-electron chi connectivity index (χ3n) is 1.94. The van der Waals surface area contributed by atoms with Crippen molar-refractivity contribution in [2.45, 2.75) is 5.54 Å². The Morgan fingerprint density at radius 1 is 1.08 bits per heavy atom. The second-order valence-electron chi connectivity index (χ2n) is 2.76. The molecule has 0 aliphatic carbocycles. The van der Waals surface area contributed by atoms with Gasteiger partial charge in [-0.15, -0.1) is 0 Å². The maximum absolute atomic E-state index is 8.70. The summed E-state index contributed by atoms with van der Waals surface area (Å²) in [6.45, 7) is 0. The lowest BCUT2D eigenvalue weighted by Gasteiger charge is -1.93. The molecule has 0 radical (unpaired) electrons. The van der Waals surface area contributed by atoms with Crippen molar-refractivity contribution in [1.82, 2.24) is 0 Å². The van der Waals surface area contributed by atoms with E-state index in [1.807, 2.05) is 42.5 Å². The summed E-state index contributed by atoms with van der Waals surface area (Å²) in [5.74, 6) is 0. The van der Waals surface area contributed by atoms with E-state index in [9.17, 15) is 0 Å². The van der Waals surface area contributed by atoms with E-state index in [1.54, 1.807) is 0 Å². The van der Waals surface area contributed by atoms with Gasteiger partial charge in [-0.1, -0.05) is 30.3 Å². The molecule has 0 N–H and O–H groups in total. The Morgan fingerprint density at radius 3 is 2.15 bits per heavy atom. The molecule has 0 atom stereocenters. The number of benzene rings is 1. The molecule has 1 aromatic carbocycles. The van der Waals surface area contributed by atoms with Gasteiger partial charge in [-0.25, -0.2) is 4.99 Å². The molecule has 1 aromatic rings. The molecule has 3 nitrogen and oxygen atoms in total. The minimum absolute atomic E-state index is 0.582. The van der Waals surface area contributed by atoms with Gasteiger partial charge in [0, 0.05) is 5.56 Å². The number of aliphatic imine (C=N–C) groups is 1. The SMILES string of the molecule is N#CC1(C#N)N=C1c1ccccc1. The fourth-order valence-corrected chi connectivity index (χ4v) is 1.19. The first kappa shape index (κ1) is 7.52. The first-order chi connectivity index (χ1) is 6.32. The summed E-state index contributed by atoms with van der Waals surface area (Å²) in [7, 11) is 0. The maximum Gasteiger partial charge on any atom is 0.274 e. The molecule has 0 saturated carbocycles. The number of hydrogen-bond acceptors (Lipinski definition) is 3. The molecule has 0 aromatic heterocycles. The summed E-state index contributed by atoms with van der Waals surface area (Å²) in [6.07, 6.45) is 0. The Balaban J connectivity index is 2.32. The van der Waals surface area contributed by atoms with E-state index in [0.29, 0.717) is 5.71 Å². The average Bonchev–Trinajstić information content (AvgIpc) is 2.95. The minimum Gasteiger partial charge on any atom is -0.242 e. The summed E-state index contributed by atoms with van der Waals surface area (Å²) in [5, 5.41) is 17.4.